The number of hydrogen-bond acceptors (Lipinski definition) is 4. The first-order valence-electron chi connectivity index (χ1n) is 7.60. The SMILES string of the molecule is Cc1cc([C@]2(c3ccccc3)CN(C)C(N)=N2)ccc1OC(F)F. The highest BCUT2D eigenvalue weighted by atomic mass is 19.3. The highest BCUT2D eigenvalue weighted by Crippen LogP contribution is 2.39. The number of likely N-dealkylation sites (N-methyl/N-ethyl adjacent to an activating group) is 1. The first-order valence-corrected chi connectivity index (χ1v) is 7.60. The fraction of sp³-hybridized carbons (Fsp3) is 0.278. The summed E-state index contributed by atoms with van der Waals surface area (Å²) in [4.78, 5) is 6.59. The molecule has 0 aliphatic carbocycles. The maximum Gasteiger partial charge on any atom is 0.387 e. The van der Waals surface area contributed by atoms with Gasteiger partial charge in [-0.1, -0.05) is 36.4 Å². The Balaban J connectivity index is 2.10. The molecule has 24 heavy (non-hydrogen) atoms. The molecule has 0 unspecified atom stereocenters. The topological polar surface area (TPSA) is 50.8 Å². The molecular formula is C18H19F2N3O. The molecule has 1 aliphatic heterocycles. The molecule has 0 saturated heterocycles. The van der Waals surface area contributed by atoms with Crippen molar-refractivity contribution < 1.29 is 13.5 Å². The molecule has 4 nitrogen and oxygen atoms in total. The Hall–Kier alpha value is -2.63. The zero-order valence-electron chi connectivity index (χ0n) is 13.5. The Morgan fingerprint density at radius 3 is 2.42 bits per heavy atom. The van der Waals surface area contributed by atoms with Gasteiger partial charge in [-0.2, -0.15) is 8.78 Å². The molecule has 1 aliphatic rings. The van der Waals surface area contributed by atoms with Gasteiger partial charge in [-0.3, -0.25) is 0 Å². The molecule has 126 valence electrons. The number of nitrogens with zero attached hydrogens (tertiary/aromatic N) is 2. The summed E-state index contributed by atoms with van der Waals surface area (Å²) in [6.07, 6.45) is 0. The number of benzene rings is 2. The minimum absolute atomic E-state index is 0.167. The van der Waals surface area contributed by atoms with Gasteiger partial charge in [0.25, 0.3) is 0 Å². The first kappa shape index (κ1) is 16.2. The van der Waals surface area contributed by atoms with Gasteiger partial charge in [-0.25, -0.2) is 4.99 Å². The Bertz CT molecular complexity index is 764. The van der Waals surface area contributed by atoms with E-state index in [0.29, 0.717) is 18.1 Å². The molecule has 0 amide bonds. The maximum absolute atomic E-state index is 12.5. The predicted octanol–water partition coefficient (Wildman–Crippen LogP) is 3.10. The van der Waals surface area contributed by atoms with E-state index in [4.69, 9.17) is 10.7 Å². The summed E-state index contributed by atoms with van der Waals surface area (Å²) in [5.74, 6) is 0.615. The number of halogens is 2. The van der Waals surface area contributed by atoms with E-state index >= 15 is 0 Å². The lowest BCUT2D eigenvalue weighted by atomic mass is 9.83. The van der Waals surface area contributed by atoms with Crippen LogP contribution in [-0.2, 0) is 5.54 Å². The second-order valence-electron chi connectivity index (χ2n) is 5.91. The molecule has 0 radical (unpaired) electrons. The van der Waals surface area contributed by atoms with Gasteiger partial charge in [0.15, 0.2) is 5.96 Å². The molecule has 1 heterocycles. The van der Waals surface area contributed by atoms with Crippen LogP contribution in [0.5, 0.6) is 5.75 Å². The molecule has 0 fully saturated rings. The average Bonchev–Trinajstić information content (AvgIpc) is 2.86. The molecule has 2 N–H and O–H groups in total. The van der Waals surface area contributed by atoms with E-state index in [9.17, 15) is 8.78 Å². The van der Waals surface area contributed by atoms with Gasteiger partial charge < -0.3 is 15.4 Å². The lowest BCUT2D eigenvalue weighted by Gasteiger charge is -2.28. The molecule has 0 bridgehead atoms. The van der Waals surface area contributed by atoms with E-state index < -0.39 is 12.2 Å². The van der Waals surface area contributed by atoms with Crippen molar-refractivity contribution in [2.24, 2.45) is 10.7 Å². The van der Waals surface area contributed by atoms with Crippen molar-refractivity contribution in [3.8, 4) is 5.75 Å². The summed E-state index contributed by atoms with van der Waals surface area (Å²) >= 11 is 0. The number of aliphatic imine (C=N–C) groups is 1. The third-order valence-corrected chi connectivity index (χ3v) is 4.28. The van der Waals surface area contributed by atoms with Crippen molar-refractivity contribution in [3.05, 3.63) is 65.2 Å². The Kier molecular flexibility index (Phi) is 4.13. The van der Waals surface area contributed by atoms with Crippen molar-refractivity contribution in [2.75, 3.05) is 13.6 Å². The Morgan fingerprint density at radius 1 is 1.17 bits per heavy atom. The van der Waals surface area contributed by atoms with E-state index in [2.05, 4.69) is 4.74 Å². The van der Waals surface area contributed by atoms with Crippen LogP contribution in [0.3, 0.4) is 0 Å². The quantitative estimate of drug-likeness (QED) is 0.937. The van der Waals surface area contributed by atoms with Crippen LogP contribution < -0.4 is 10.5 Å². The summed E-state index contributed by atoms with van der Waals surface area (Å²) in [6.45, 7) is -0.521. The lowest BCUT2D eigenvalue weighted by Crippen LogP contribution is -2.34. The molecule has 0 saturated carbocycles. The van der Waals surface area contributed by atoms with Gasteiger partial charge in [-0.05, 0) is 35.7 Å². The third kappa shape index (κ3) is 2.79. The number of rotatable bonds is 4. The van der Waals surface area contributed by atoms with Gasteiger partial charge >= 0.3 is 6.61 Å². The maximum atomic E-state index is 12.5. The number of nitrogens with two attached hydrogens (primary N) is 1. The molecule has 6 heteroatoms. The second kappa shape index (κ2) is 6.11. The van der Waals surface area contributed by atoms with Crippen molar-refractivity contribution in [1.29, 1.82) is 0 Å². The second-order valence-corrected chi connectivity index (χ2v) is 5.91. The smallest absolute Gasteiger partial charge is 0.387 e. The van der Waals surface area contributed by atoms with Crippen molar-refractivity contribution in [1.82, 2.24) is 4.90 Å². The van der Waals surface area contributed by atoms with Gasteiger partial charge in [0.05, 0.1) is 6.54 Å². The highest BCUT2D eigenvalue weighted by molar-refractivity contribution is 5.81. The predicted molar refractivity (Wildman–Crippen MR) is 89.3 cm³/mol. The van der Waals surface area contributed by atoms with E-state index in [0.717, 1.165) is 11.1 Å². The monoisotopic (exact) mass is 331 g/mol. The zero-order valence-corrected chi connectivity index (χ0v) is 13.5. The van der Waals surface area contributed by atoms with Gasteiger partial charge in [0.1, 0.15) is 11.3 Å². The van der Waals surface area contributed by atoms with Crippen LogP contribution in [0.2, 0.25) is 0 Å². The number of guanidine groups is 1. The molecule has 0 aromatic heterocycles. The van der Waals surface area contributed by atoms with E-state index in [-0.39, 0.29) is 5.75 Å². The highest BCUT2D eigenvalue weighted by Gasteiger charge is 2.40. The standard InChI is InChI=1S/C18H19F2N3O/c1-12-10-14(8-9-15(12)24-16(19)20)18(11-23(2)17(21)22-18)13-6-4-3-5-7-13/h3-10,16H,11H2,1-2H3,(H2,21,22)/t18-/m1/s1. The summed E-state index contributed by atoms with van der Waals surface area (Å²) in [7, 11) is 1.88. The number of ether oxygens (including phenoxy) is 1. The number of hydrogen-bond donors (Lipinski definition) is 1. The van der Waals surface area contributed by atoms with E-state index in [1.54, 1.807) is 19.1 Å². The fourth-order valence-corrected chi connectivity index (χ4v) is 3.07. The minimum Gasteiger partial charge on any atom is -0.435 e. The van der Waals surface area contributed by atoms with Crippen LogP contribution in [0, 0.1) is 6.92 Å². The summed E-state index contributed by atoms with van der Waals surface area (Å²) in [6, 6.07) is 15.0. The van der Waals surface area contributed by atoms with Crippen LogP contribution in [-0.4, -0.2) is 31.1 Å². The number of alkyl halides is 2. The fourth-order valence-electron chi connectivity index (χ4n) is 3.07. The molecule has 3 rings (SSSR count). The Morgan fingerprint density at radius 2 is 1.88 bits per heavy atom. The molecule has 1 atom stereocenters. The van der Waals surface area contributed by atoms with Crippen LogP contribution in [0.4, 0.5) is 8.78 Å². The van der Waals surface area contributed by atoms with Gasteiger partial charge in [0, 0.05) is 7.05 Å². The average molecular weight is 331 g/mol. The minimum atomic E-state index is -2.84. The lowest BCUT2D eigenvalue weighted by molar-refractivity contribution is -0.0503. The van der Waals surface area contributed by atoms with Crippen molar-refractivity contribution in [3.63, 3.8) is 0 Å². The summed E-state index contributed by atoms with van der Waals surface area (Å²) in [5.41, 5.74) is 7.88. The molecular weight excluding hydrogens is 312 g/mol. The molecule has 2 aromatic carbocycles. The van der Waals surface area contributed by atoms with E-state index in [1.807, 2.05) is 48.3 Å². The zero-order chi connectivity index (χ0) is 17.3. The largest absolute Gasteiger partial charge is 0.435 e. The van der Waals surface area contributed by atoms with Crippen LogP contribution in [0.1, 0.15) is 16.7 Å². The summed E-state index contributed by atoms with van der Waals surface area (Å²) in [5, 5.41) is 0. The van der Waals surface area contributed by atoms with Crippen LogP contribution in [0.15, 0.2) is 53.5 Å². The van der Waals surface area contributed by atoms with Crippen LogP contribution >= 0.6 is 0 Å². The number of aryl methyl sites for hydroxylation is 1. The molecule has 2 aromatic rings. The summed E-state index contributed by atoms with van der Waals surface area (Å²) < 4.78 is 29.5. The molecule has 0 spiro atoms. The van der Waals surface area contributed by atoms with Crippen LogP contribution in [0.25, 0.3) is 0 Å². The Labute approximate surface area is 139 Å². The van der Waals surface area contributed by atoms with Crippen molar-refractivity contribution >= 4 is 5.96 Å². The van der Waals surface area contributed by atoms with Gasteiger partial charge in [0.2, 0.25) is 0 Å². The third-order valence-electron chi connectivity index (χ3n) is 4.28. The van der Waals surface area contributed by atoms with Gasteiger partial charge in [-0.15, -0.1) is 0 Å². The first-order chi connectivity index (χ1) is 11.4. The normalized spacial score (nSPS) is 20.4. The van der Waals surface area contributed by atoms with Crippen molar-refractivity contribution in [2.45, 2.75) is 19.1 Å². The van der Waals surface area contributed by atoms with E-state index in [1.165, 1.54) is 0 Å².